The van der Waals surface area contributed by atoms with E-state index in [1.807, 2.05) is 34.7 Å². The average molecular weight is 558 g/mol. The van der Waals surface area contributed by atoms with Gasteiger partial charge in [-0.2, -0.15) is 0 Å². The molecule has 0 amide bonds. The van der Waals surface area contributed by atoms with E-state index in [1.165, 1.54) is 13.8 Å². The lowest BCUT2D eigenvalue weighted by atomic mass is 10.0. The Labute approximate surface area is 195 Å². The molecule has 0 bridgehead atoms. The monoisotopic (exact) mass is 558 g/mol. The van der Waals surface area contributed by atoms with Crippen molar-refractivity contribution in [1.82, 2.24) is 0 Å². The van der Waals surface area contributed by atoms with Crippen LogP contribution in [-0.2, 0) is 32.9 Å². The van der Waals surface area contributed by atoms with Crippen molar-refractivity contribution in [1.29, 1.82) is 0 Å². The predicted molar refractivity (Wildman–Crippen MR) is 124 cm³/mol. The van der Waals surface area contributed by atoms with Crippen molar-refractivity contribution in [3.05, 3.63) is 60.7 Å². The van der Waals surface area contributed by atoms with Gasteiger partial charge < -0.3 is 14.2 Å². The highest BCUT2D eigenvalue weighted by molar-refractivity contribution is 14.1. The minimum atomic E-state index is -3.54. The minimum absolute atomic E-state index is 0.514. The highest BCUT2D eigenvalue weighted by Gasteiger charge is 2.50. The summed E-state index contributed by atoms with van der Waals surface area (Å²) in [5.74, 6) is -1.04. The summed E-state index contributed by atoms with van der Waals surface area (Å²) in [6.45, 7) is 4.25. The summed E-state index contributed by atoms with van der Waals surface area (Å²) >= 11 is 2.03. The van der Waals surface area contributed by atoms with Gasteiger partial charge in [-0.3, -0.25) is 18.7 Å². The molecule has 7 nitrogen and oxygen atoms in total. The number of halogens is 1. The highest BCUT2D eigenvalue weighted by atomic mass is 127. The number of rotatable bonds is 6. The van der Waals surface area contributed by atoms with E-state index in [9.17, 15) is 14.2 Å². The van der Waals surface area contributed by atoms with E-state index in [1.54, 1.807) is 55.5 Å². The maximum Gasteiger partial charge on any atom is 0.303 e. The molecule has 5 atom stereocenters. The normalized spacial score (nSPS) is 26.1. The topological polar surface area (TPSA) is 88.1 Å². The van der Waals surface area contributed by atoms with Gasteiger partial charge >= 0.3 is 11.9 Å². The Balaban J connectivity index is 1.97. The van der Waals surface area contributed by atoms with Crippen LogP contribution in [0.3, 0.4) is 0 Å². The zero-order valence-electron chi connectivity index (χ0n) is 17.3. The first-order valence-electron chi connectivity index (χ1n) is 9.76. The van der Waals surface area contributed by atoms with Crippen LogP contribution >= 0.6 is 30.0 Å². The smallest absolute Gasteiger partial charge is 0.303 e. The first kappa shape index (κ1) is 23.9. The summed E-state index contributed by atoms with van der Waals surface area (Å²) in [5.41, 5.74) is 0. The molecule has 0 N–H and O–H groups in total. The van der Waals surface area contributed by atoms with Crippen LogP contribution in [0.25, 0.3) is 0 Å². The van der Waals surface area contributed by atoms with Crippen LogP contribution in [0.15, 0.2) is 60.7 Å². The zero-order valence-corrected chi connectivity index (χ0v) is 20.4. The van der Waals surface area contributed by atoms with Crippen LogP contribution in [-0.4, -0.2) is 40.5 Å². The standard InChI is InChI=1S/C22H24IO7P/c1-14-20(28-15(2)24)21(29-16(3)25)19(23)22(27-14)30-31(26,17-10-6-4-7-11-17)18-12-8-5-9-13-18/h4-14,19-22H,1-3H3/t14-,19+,20-,21-,22-/m0/s1. The highest BCUT2D eigenvalue weighted by Crippen LogP contribution is 2.48. The number of benzene rings is 2. The summed E-state index contributed by atoms with van der Waals surface area (Å²) in [6, 6.07) is 17.8. The second-order valence-corrected chi connectivity index (χ2v) is 10.9. The van der Waals surface area contributed by atoms with Gasteiger partial charge in [-0.25, -0.2) is 0 Å². The van der Waals surface area contributed by atoms with Gasteiger partial charge in [-0.1, -0.05) is 59.0 Å². The molecule has 1 aliphatic rings. The number of alkyl halides is 1. The summed E-state index contributed by atoms with van der Waals surface area (Å²) in [5, 5.41) is 1.04. The lowest BCUT2D eigenvalue weighted by molar-refractivity contribution is -0.227. The van der Waals surface area contributed by atoms with Crippen molar-refractivity contribution in [3.8, 4) is 0 Å². The van der Waals surface area contributed by atoms with Crippen molar-refractivity contribution in [2.45, 2.75) is 49.3 Å². The molecule has 0 radical (unpaired) electrons. The fourth-order valence-corrected chi connectivity index (χ4v) is 6.64. The lowest BCUT2D eigenvalue weighted by Crippen LogP contribution is -2.57. The Bertz CT molecular complexity index is 909. The van der Waals surface area contributed by atoms with E-state index < -0.39 is 47.8 Å². The lowest BCUT2D eigenvalue weighted by Gasteiger charge is -2.43. The SMILES string of the molecule is CC(=O)O[C@@H]1[C@@H](OC(C)=O)[C@@H](I)[C@H](OP(=O)(c2ccccc2)c2ccccc2)O[C@H]1C. The molecule has 166 valence electrons. The Morgan fingerprint density at radius 1 is 0.871 bits per heavy atom. The van der Waals surface area contributed by atoms with Gasteiger partial charge in [0.2, 0.25) is 0 Å². The number of esters is 2. The number of carbonyl (C=O) groups is 2. The van der Waals surface area contributed by atoms with E-state index >= 15 is 0 Å². The third-order valence-electron chi connectivity index (χ3n) is 4.76. The van der Waals surface area contributed by atoms with Crippen LogP contribution in [0.1, 0.15) is 20.8 Å². The Morgan fingerprint density at radius 2 is 1.32 bits per heavy atom. The van der Waals surface area contributed by atoms with Crippen LogP contribution < -0.4 is 10.6 Å². The number of hydrogen-bond donors (Lipinski definition) is 0. The van der Waals surface area contributed by atoms with Gasteiger partial charge in [0, 0.05) is 24.5 Å². The second kappa shape index (κ2) is 10.3. The van der Waals surface area contributed by atoms with E-state index in [0.29, 0.717) is 10.6 Å². The van der Waals surface area contributed by atoms with Crippen LogP contribution in [0, 0.1) is 0 Å². The molecule has 0 spiro atoms. The molecule has 0 saturated carbocycles. The first-order chi connectivity index (χ1) is 14.7. The molecule has 2 aromatic rings. The Morgan fingerprint density at radius 3 is 1.77 bits per heavy atom. The van der Waals surface area contributed by atoms with Crippen molar-refractivity contribution in [2.75, 3.05) is 0 Å². The summed E-state index contributed by atoms with van der Waals surface area (Å²) < 4.78 is 36.7. The number of hydrogen-bond acceptors (Lipinski definition) is 7. The maximum absolute atomic E-state index is 14.2. The van der Waals surface area contributed by atoms with E-state index in [2.05, 4.69) is 0 Å². The third-order valence-corrected chi connectivity index (χ3v) is 8.51. The van der Waals surface area contributed by atoms with Gasteiger partial charge in [0.1, 0.15) is 3.92 Å². The molecule has 2 aromatic carbocycles. The molecule has 1 saturated heterocycles. The minimum Gasteiger partial charge on any atom is -0.457 e. The molecule has 1 heterocycles. The van der Waals surface area contributed by atoms with Crippen molar-refractivity contribution in [3.63, 3.8) is 0 Å². The van der Waals surface area contributed by atoms with Gasteiger partial charge in [0.25, 0.3) is 7.37 Å². The molecular formula is C22H24IO7P. The quantitative estimate of drug-likeness (QED) is 0.233. The summed E-state index contributed by atoms with van der Waals surface area (Å²) in [6.07, 6.45) is -3.26. The molecule has 0 unspecified atom stereocenters. The molecule has 1 fully saturated rings. The fraction of sp³-hybridized carbons (Fsp3) is 0.364. The molecule has 9 heteroatoms. The molecule has 3 rings (SSSR count). The summed E-state index contributed by atoms with van der Waals surface area (Å²) in [7, 11) is -3.54. The predicted octanol–water partition coefficient (Wildman–Crippen LogP) is 3.34. The second-order valence-electron chi connectivity index (χ2n) is 7.13. The molecular weight excluding hydrogens is 534 g/mol. The van der Waals surface area contributed by atoms with Crippen molar-refractivity contribution < 1.29 is 32.9 Å². The van der Waals surface area contributed by atoms with E-state index in [4.69, 9.17) is 18.7 Å². The summed E-state index contributed by atoms with van der Waals surface area (Å²) in [4.78, 5) is 23.3. The third kappa shape index (κ3) is 5.55. The first-order valence-corrected chi connectivity index (χ1v) is 12.6. The number of ether oxygens (including phenoxy) is 3. The van der Waals surface area contributed by atoms with Crippen molar-refractivity contribution in [2.24, 2.45) is 0 Å². The average Bonchev–Trinajstić information content (AvgIpc) is 2.75. The van der Waals surface area contributed by atoms with Crippen LogP contribution in [0.5, 0.6) is 0 Å². The maximum atomic E-state index is 14.2. The van der Waals surface area contributed by atoms with Crippen molar-refractivity contribution >= 4 is 52.5 Å². The van der Waals surface area contributed by atoms with E-state index in [-0.39, 0.29) is 0 Å². The molecule has 31 heavy (non-hydrogen) atoms. The van der Waals surface area contributed by atoms with Gasteiger partial charge in [-0.05, 0) is 31.2 Å². The Hall–Kier alpha value is -1.74. The van der Waals surface area contributed by atoms with Crippen LogP contribution in [0.4, 0.5) is 0 Å². The van der Waals surface area contributed by atoms with Crippen LogP contribution in [0.2, 0.25) is 0 Å². The van der Waals surface area contributed by atoms with Gasteiger partial charge in [-0.15, -0.1) is 0 Å². The zero-order chi connectivity index (χ0) is 22.6. The molecule has 0 aromatic heterocycles. The Kier molecular flexibility index (Phi) is 7.91. The largest absolute Gasteiger partial charge is 0.457 e. The fourth-order valence-electron chi connectivity index (χ4n) is 3.39. The van der Waals surface area contributed by atoms with E-state index in [0.717, 1.165) is 0 Å². The van der Waals surface area contributed by atoms with Gasteiger partial charge in [0.15, 0.2) is 18.5 Å². The molecule has 1 aliphatic heterocycles. The molecule has 0 aliphatic carbocycles. The van der Waals surface area contributed by atoms with Gasteiger partial charge in [0.05, 0.1) is 6.10 Å². The number of carbonyl (C=O) groups excluding carboxylic acids is 2.